The van der Waals surface area contributed by atoms with Gasteiger partial charge in [-0.1, -0.05) is 6.07 Å². The second kappa shape index (κ2) is 4.19. The van der Waals surface area contributed by atoms with E-state index in [0.29, 0.717) is 5.69 Å². The molecule has 2 heterocycles. The van der Waals surface area contributed by atoms with E-state index in [-0.39, 0.29) is 0 Å². The molecule has 17 heavy (non-hydrogen) atoms. The summed E-state index contributed by atoms with van der Waals surface area (Å²) in [7, 11) is 0. The molecular weight excluding hydrogens is 212 g/mol. The van der Waals surface area contributed by atoms with Gasteiger partial charge in [-0.05, 0) is 38.1 Å². The Morgan fingerprint density at radius 3 is 2.88 bits per heavy atom. The minimum atomic E-state index is 0.656. The van der Waals surface area contributed by atoms with Crippen LogP contribution in [0.5, 0.6) is 0 Å². The SMILES string of the molecule is [C-]#[N+]c1ccc2c(c1)ncn2CN1CCCC1. The van der Waals surface area contributed by atoms with E-state index >= 15 is 0 Å². The van der Waals surface area contributed by atoms with Crippen LogP contribution >= 0.6 is 0 Å². The monoisotopic (exact) mass is 226 g/mol. The van der Waals surface area contributed by atoms with E-state index in [9.17, 15) is 0 Å². The molecule has 4 nitrogen and oxygen atoms in total. The van der Waals surface area contributed by atoms with Crippen LogP contribution in [0.1, 0.15) is 12.8 Å². The van der Waals surface area contributed by atoms with E-state index < -0.39 is 0 Å². The summed E-state index contributed by atoms with van der Waals surface area (Å²) < 4.78 is 2.16. The third-order valence-corrected chi connectivity index (χ3v) is 3.28. The van der Waals surface area contributed by atoms with Crippen molar-refractivity contribution in [3.63, 3.8) is 0 Å². The molecule has 1 aromatic heterocycles. The lowest BCUT2D eigenvalue weighted by Crippen LogP contribution is -2.22. The Labute approximate surface area is 100 Å². The van der Waals surface area contributed by atoms with Crippen LogP contribution in [0.25, 0.3) is 15.9 Å². The van der Waals surface area contributed by atoms with Crippen LogP contribution in [0.3, 0.4) is 0 Å². The lowest BCUT2D eigenvalue weighted by atomic mass is 10.3. The number of hydrogen-bond donors (Lipinski definition) is 0. The molecule has 1 aliphatic heterocycles. The second-order valence-electron chi connectivity index (χ2n) is 4.47. The molecule has 2 aromatic rings. The zero-order chi connectivity index (χ0) is 11.7. The number of imidazole rings is 1. The summed E-state index contributed by atoms with van der Waals surface area (Å²) in [6.45, 7) is 10.3. The molecule has 86 valence electrons. The summed E-state index contributed by atoms with van der Waals surface area (Å²) in [6, 6.07) is 5.70. The molecule has 0 bridgehead atoms. The van der Waals surface area contributed by atoms with Crippen LogP contribution in [-0.4, -0.2) is 27.5 Å². The molecule has 0 amide bonds. The Kier molecular flexibility index (Phi) is 2.54. The third-order valence-electron chi connectivity index (χ3n) is 3.28. The zero-order valence-corrected chi connectivity index (χ0v) is 9.63. The van der Waals surface area contributed by atoms with Gasteiger partial charge in [0.1, 0.15) is 0 Å². The molecule has 0 spiro atoms. The number of aromatic nitrogens is 2. The highest BCUT2D eigenvalue weighted by atomic mass is 15.3. The first-order valence-electron chi connectivity index (χ1n) is 5.91. The average molecular weight is 226 g/mol. The second-order valence-corrected chi connectivity index (χ2v) is 4.47. The Morgan fingerprint density at radius 1 is 1.29 bits per heavy atom. The summed E-state index contributed by atoms with van der Waals surface area (Å²) in [4.78, 5) is 10.2. The van der Waals surface area contributed by atoms with Gasteiger partial charge in [0.2, 0.25) is 0 Å². The van der Waals surface area contributed by atoms with Gasteiger partial charge >= 0.3 is 0 Å². The van der Waals surface area contributed by atoms with Gasteiger partial charge in [-0.2, -0.15) is 0 Å². The third kappa shape index (κ3) is 1.90. The van der Waals surface area contributed by atoms with Crippen LogP contribution < -0.4 is 0 Å². The number of likely N-dealkylation sites (tertiary alicyclic amines) is 1. The summed E-state index contributed by atoms with van der Waals surface area (Å²) >= 11 is 0. The Balaban J connectivity index is 1.92. The highest BCUT2D eigenvalue weighted by Gasteiger charge is 2.12. The Bertz CT molecular complexity index is 573. The highest BCUT2D eigenvalue weighted by Crippen LogP contribution is 2.21. The molecule has 1 fully saturated rings. The minimum Gasteiger partial charge on any atom is -0.317 e. The molecule has 3 rings (SSSR count). The number of rotatable bonds is 2. The van der Waals surface area contributed by atoms with Gasteiger partial charge in [-0.3, -0.25) is 4.90 Å². The van der Waals surface area contributed by atoms with Crippen LogP contribution in [0, 0.1) is 6.57 Å². The minimum absolute atomic E-state index is 0.656. The van der Waals surface area contributed by atoms with Gasteiger partial charge in [0, 0.05) is 0 Å². The molecule has 0 saturated carbocycles. The summed E-state index contributed by atoms with van der Waals surface area (Å²) in [5.41, 5.74) is 2.69. The first-order chi connectivity index (χ1) is 8.36. The van der Waals surface area contributed by atoms with Crippen molar-refractivity contribution in [1.82, 2.24) is 14.5 Å². The zero-order valence-electron chi connectivity index (χ0n) is 9.63. The maximum Gasteiger partial charge on any atom is 0.189 e. The number of fused-ring (bicyclic) bond motifs is 1. The van der Waals surface area contributed by atoms with Crippen molar-refractivity contribution in [1.29, 1.82) is 0 Å². The van der Waals surface area contributed by atoms with Gasteiger partial charge in [-0.25, -0.2) is 9.83 Å². The summed E-state index contributed by atoms with van der Waals surface area (Å²) in [5, 5.41) is 0. The molecule has 0 aliphatic carbocycles. The van der Waals surface area contributed by atoms with Gasteiger partial charge in [-0.15, -0.1) is 0 Å². The number of benzene rings is 1. The molecule has 0 radical (unpaired) electrons. The molecule has 0 atom stereocenters. The van der Waals surface area contributed by atoms with Crippen LogP contribution in [0.4, 0.5) is 5.69 Å². The van der Waals surface area contributed by atoms with E-state index in [2.05, 4.69) is 19.3 Å². The summed E-state index contributed by atoms with van der Waals surface area (Å²) in [6.07, 6.45) is 4.47. The van der Waals surface area contributed by atoms with E-state index in [4.69, 9.17) is 6.57 Å². The first-order valence-corrected chi connectivity index (χ1v) is 5.91. The normalized spacial score (nSPS) is 16.4. The van der Waals surface area contributed by atoms with E-state index in [1.54, 1.807) is 0 Å². The fourth-order valence-corrected chi connectivity index (χ4v) is 2.37. The van der Waals surface area contributed by atoms with Crippen LogP contribution in [-0.2, 0) is 6.67 Å². The first kappa shape index (κ1) is 10.3. The fraction of sp³-hybridized carbons (Fsp3) is 0.385. The Morgan fingerprint density at radius 2 is 2.12 bits per heavy atom. The molecule has 1 aromatic carbocycles. The summed E-state index contributed by atoms with van der Waals surface area (Å²) in [5.74, 6) is 0. The van der Waals surface area contributed by atoms with Crippen molar-refractivity contribution in [2.24, 2.45) is 0 Å². The molecule has 0 N–H and O–H groups in total. The van der Waals surface area contributed by atoms with Gasteiger partial charge in [0.05, 0.1) is 30.6 Å². The molecule has 0 unspecified atom stereocenters. The van der Waals surface area contributed by atoms with Crippen molar-refractivity contribution in [2.75, 3.05) is 13.1 Å². The maximum absolute atomic E-state index is 6.99. The molecular formula is C13H14N4. The predicted molar refractivity (Wildman–Crippen MR) is 66.8 cm³/mol. The maximum atomic E-state index is 6.99. The van der Waals surface area contributed by atoms with Crippen LogP contribution in [0.15, 0.2) is 24.5 Å². The average Bonchev–Trinajstić information content (AvgIpc) is 2.99. The van der Waals surface area contributed by atoms with Crippen molar-refractivity contribution in [3.8, 4) is 0 Å². The quantitative estimate of drug-likeness (QED) is 0.735. The topological polar surface area (TPSA) is 25.4 Å². The van der Waals surface area contributed by atoms with Crippen molar-refractivity contribution in [3.05, 3.63) is 35.9 Å². The van der Waals surface area contributed by atoms with Gasteiger partial charge < -0.3 is 4.57 Å². The number of nitrogens with zero attached hydrogens (tertiary/aromatic N) is 4. The van der Waals surface area contributed by atoms with Gasteiger partial charge in [0.15, 0.2) is 5.69 Å². The van der Waals surface area contributed by atoms with Crippen LogP contribution in [0.2, 0.25) is 0 Å². The highest BCUT2D eigenvalue weighted by molar-refractivity contribution is 5.79. The van der Waals surface area contributed by atoms with E-state index in [1.807, 2.05) is 24.5 Å². The standard InChI is InChI=1S/C13H14N4/c1-14-11-4-5-13-12(8-11)15-9-17(13)10-16-6-2-3-7-16/h4-5,8-9H,2-3,6-7,10H2. The van der Waals surface area contributed by atoms with Gasteiger partial charge in [0.25, 0.3) is 0 Å². The lowest BCUT2D eigenvalue weighted by molar-refractivity contribution is 0.274. The van der Waals surface area contributed by atoms with E-state index in [1.165, 1.54) is 25.9 Å². The lowest BCUT2D eigenvalue weighted by Gasteiger charge is -2.15. The van der Waals surface area contributed by atoms with Crippen molar-refractivity contribution < 1.29 is 0 Å². The fourth-order valence-electron chi connectivity index (χ4n) is 2.37. The smallest absolute Gasteiger partial charge is 0.189 e. The van der Waals surface area contributed by atoms with Crippen molar-refractivity contribution >= 4 is 16.7 Å². The van der Waals surface area contributed by atoms with E-state index in [0.717, 1.165) is 17.7 Å². The Hall–Kier alpha value is -1.86. The molecule has 4 heteroatoms. The van der Waals surface area contributed by atoms with Crippen molar-refractivity contribution in [2.45, 2.75) is 19.5 Å². The molecule has 1 aliphatic rings. The molecule has 1 saturated heterocycles. The number of hydrogen-bond acceptors (Lipinski definition) is 2. The predicted octanol–water partition coefficient (Wildman–Crippen LogP) is 2.64. The largest absolute Gasteiger partial charge is 0.317 e.